The Hall–Kier alpha value is -3.48. The van der Waals surface area contributed by atoms with Crippen molar-refractivity contribution in [3.8, 4) is 0 Å². The lowest BCUT2D eigenvalue weighted by molar-refractivity contribution is 0.138. The van der Waals surface area contributed by atoms with Crippen LogP contribution in [-0.2, 0) is 6.42 Å². The molecule has 1 aliphatic rings. The smallest absolute Gasteiger partial charge is 0.253 e. The van der Waals surface area contributed by atoms with Crippen molar-refractivity contribution in [3.63, 3.8) is 0 Å². The summed E-state index contributed by atoms with van der Waals surface area (Å²) in [6.45, 7) is 22.5. The standard InChI is InChI=1S/C31H41N5O.C3H6/c1-6-35-15-17-36(18-16-35)14-13-26-8-11-28(12-9-26)34-25(5)30-29(23(3)20-33-31(30)37)19-22(2)27-10-7-24(4)32-21-27;1-3-2/h7-12,19-21,25,34H,6,13-18H2,1-5H3,(H,33,37);3H,1H2,2H3/b22-19+;. The third kappa shape index (κ3) is 8.77. The molecule has 3 aromatic rings. The minimum absolute atomic E-state index is 0.0635. The summed E-state index contributed by atoms with van der Waals surface area (Å²) in [6.07, 6.45) is 8.59. The molecule has 1 aromatic carbocycles. The molecule has 40 heavy (non-hydrogen) atoms. The zero-order chi connectivity index (χ0) is 29.1. The van der Waals surface area contributed by atoms with Crippen molar-refractivity contribution in [2.24, 2.45) is 0 Å². The number of hydrogen-bond donors (Lipinski definition) is 2. The van der Waals surface area contributed by atoms with E-state index in [0.717, 1.165) is 71.8 Å². The molecular weight excluding hydrogens is 494 g/mol. The first-order valence-electron chi connectivity index (χ1n) is 14.5. The Labute approximate surface area is 240 Å². The maximum Gasteiger partial charge on any atom is 0.253 e. The van der Waals surface area contributed by atoms with Crippen LogP contribution in [0.4, 0.5) is 5.69 Å². The van der Waals surface area contributed by atoms with Crippen LogP contribution in [0.5, 0.6) is 0 Å². The molecule has 4 rings (SSSR count). The molecule has 1 saturated heterocycles. The van der Waals surface area contributed by atoms with Crippen LogP contribution in [0.3, 0.4) is 0 Å². The number of allylic oxidation sites excluding steroid dienone is 2. The van der Waals surface area contributed by atoms with E-state index in [9.17, 15) is 4.79 Å². The van der Waals surface area contributed by atoms with Crippen LogP contribution < -0.4 is 10.9 Å². The molecule has 214 valence electrons. The van der Waals surface area contributed by atoms with Crippen molar-refractivity contribution in [3.05, 3.63) is 105 Å². The summed E-state index contributed by atoms with van der Waals surface area (Å²) >= 11 is 0. The Morgan fingerprint density at radius 3 is 2.35 bits per heavy atom. The number of rotatable bonds is 9. The fourth-order valence-corrected chi connectivity index (χ4v) is 4.99. The minimum Gasteiger partial charge on any atom is -0.378 e. The Bertz CT molecular complexity index is 1300. The Kier molecular flexibility index (Phi) is 11.9. The second-order valence-electron chi connectivity index (χ2n) is 10.6. The van der Waals surface area contributed by atoms with Crippen molar-refractivity contribution < 1.29 is 0 Å². The van der Waals surface area contributed by atoms with Gasteiger partial charge in [-0.05, 0) is 93.6 Å². The summed E-state index contributed by atoms with van der Waals surface area (Å²) in [5, 5.41) is 3.55. The summed E-state index contributed by atoms with van der Waals surface area (Å²) in [5.41, 5.74) is 8.16. The molecule has 6 nitrogen and oxygen atoms in total. The van der Waals surface area contributed by atoms with Gasteiger partial charge >= 0.3 is 0 Å². The van der Waals surface area contributed by atoms with Crippen LogP contribution in [0.15, 0.2) is 66.2 Å². The van der Waals surface area contributed by atoms with E-state index < -0.39 is 0 Å². The highest BCUT2D eigenvalue weighted by atomic mass is 16.1. The monoisotopic (exact) mass is 541 g/mol. The molecule has 0 spiro atoms. The predicted molar refractivity (Wildman–Crippen MR) is 171 cm³/mol. The second-order valence-corrected chi connectivity index (χ2v) is 10.6. The molecule has 1 atom stereocenters. The van der Waals surface area contributed by atoms with Gasteiger partial charge in [-0.3, -0.25) is 9.78 Å². The molecule has 2 aromatic heterocycles. The minimum atomic E-state index is -0.153. The SMILES string of the molecule is C=CC.CCN1CCN(CCc2ccc(NC(C)c3c(/C=C(\C)c4ccc(C)nc4)c(C)c[nH]c3=O)cc2)CC1. The fraction of sp³-hybridized carbons (Fsp3) is 0.412. The largest absolute Gasteiger partial charge is 0.378 e. The number of likely N-dealkylation sites (N-methyl/N-ethyl adjacent to an activating group) is 1. The summed E-state index contributed by atoms with van der Waals surface area (Å²) in [4.78, 5) is 25.4. The van der Waals surface area contributed by atoms with Crippen LogP contribution in [0.25, 0.3) is 11.6 Å². The molecule has 2 N–H and O–H groups in total. The summed E-state index contributed by atoms with van der Waals surface area (Å²) in [6, 6.07) is 12.6. The van der Waals surface area contributed by atoms with Crippen molar-refractivity contribution in [1.82, 2.24) is 19.8 Å². The lowest BCUT2D eigenvalue weighted by Gasteiger charge is -2.34. The van der Waals surface area contributed by atoms with Crippen molar-refractivity contribution in [1.29, 1.82) is 0 Å². The molecule has 0 radical (unpaired) electrons. The van der Waals surface area contributed by atoms with Gasteiger partial charge in [0.2, 0.25) is 0 Å². The van der Waals surface area contributed by atoms with E-state index in [0.29, 0.717) is 0 Å². The van der Waals surface area contributed by atoms with Crippen molar-refractivity contribution in [2.75, 3.05) is 44.6 Å². The van der Waals surface area contributed by atoms with Gasteiger partial charge in [0, 0.05) is 62.1 Å². The van der Waals surface area contributed by atoms with E-state index in [1.807, 2.05) is 40.0 Å². The van der Waals surface area contributed by atoms with Crippen LogP contribution >= 0.6 is 0 Å². The number of piperazine rings is 1. The van der Waals surface area contributed by atoms with Crippen LogP contribution in [0.2, 0.25) is 0 Å². The highest BCUT2D eigenvalue weighted by Gasteiger charge is 2.17. The Morgan fingerprint density at radius 2 is 1.75 bits per heavy atom. The average Bonchev–Trinajstić information content (AvgIpc) is 2.95. The normalized spacial score (nSPS) is 15.2. The summed E-state index contributed by atoms with van der Waals surface area (Å²) in [5.74, 6) is 0. The molecule has 0 amide bonds. The molecule has 0 saturated carbocycles. The van der Waals surface area contributed by atoms with E-state index in [2.05, 4.69) is 81.9 Å². The first-order valence-corrected chi connectivity index (χ1v) is 14.5. The summed E-state index contributed by atoms with van der Waals surface area (Å²) < 4.78 is 0. The van der Waals surface area contributed by atoms with Crippen LogP contribution in [-0.4, -0.2) is 59.0 Å². The Morgan fingerprint density at radius 1 is 1.10 bits per heavy atom. The number of aromatic amines is 1. The maximum absolute atomic E-state index is 13.0. The second kappa shape index (κ2) is 15.3. The van der Waals surface area contributed by atoms with Gasteiger partial charge in [-0.15, -0.1) is 6.58 Å². The van der Waals surface area contributed by atoms with E-state index in [-0.39, 0.29) is 11.6 Å². The highest BCUT2D eigenvalue weighted by molar-refractivity contribution is 5.82. The number of aryl methyl sites for hydroxylation is 2. The highest BCUT2D eigenvalue weighted by Crippen LogP contribution is 2.26. The van der Waals surface area contributed by atoms with E-state index >= 15 is 0 Å². The number of nitrogens with one attached hydrogen (secondary N) is 2. The summed E-state index contributed by atoms with van der Waals surface area (Å²) in [7, 11) is 0. The van der Waals surface area contributed by atoms with Gasteiger partial charge in [-0.25, -0.2) is 0 Å². The predicted octanol–water partition coefficient (Wildman–Crippen LogP) is 6.49. The lowest BCUT2D eigenvalue weighted by Crippen LogP contribution is -2.46. The maximum atomic E-state index is 13.0. The van der Waals surface area contributed by atoms with E-state index in [1.54, 1.807) is 12.3 Å². The van der Waals surface area contributed by atoms with Crippen LogP contribution in [0.1, 0.15) is 67.2 Å². The molecule has 3 heterocycles. The van der Waals surface area contributed by atoms with Gasteiger partial charge in [0.05, 0.1) is 6.04 Å². The Balaban J connectivity index is 0.00000141. The zero-order valence-electron chi connectivity index (χ0n) is 25.3. The average molecular weight is 542 g/mol. The molecule has 1 unspecified atom stereocenters. The van der Waals surface area contributed by atoms with Crippen molar-refractivity contribution in [2.45, 2.75) is 54.0 Å². The topological polar surface area (TPSA) is 64.3 Å². The number of pyridine rings is 2. The van der Waals surface area contributed by atoms with Crippen molar-refractivity contribution >= 4 is 17.3 Å². The number of benzene rings is 1. The third-order valence-corrected chi connectivity index (χ3v) is 7.51. The number of aromatic nitrogens is 2. The zero-order valence-corrected chi connectivity index (χ0v) is 25.3. The van der Waals surface area contributed by atoms with E-state index in [1.165, 1.54) is 18.7 Å². The number of hydrogen-bond acceptors (Lipinski definition) is 5. The van der Waals surface area contributed by atoms with Gasteiger partial charge in [0.15, 0.2) is 0 Å². The van der Waals surface area contributed by atoms with Gasteiger partial charge in [-0.2, -0.15) is 0 Å². The fourth-order valence-electron chi connectivity index (χ4n) is 4.99. The third-order valence-electron chi connectivity index (χ3n) is 7.51. The van der Waals surface area contributed by atoms with Gasteiger partial charge in [0.25, 0.3) is 5.56 Å². The van der Waals surface area contributed by atoms with E-state index in [4.69, 9.17) is 0 Å². The molecule has 0 aliphatic carbocycles. The van der Waals surface area contributed by atoms with Gasteiger partial charge in [0.1, 0.15) is 0 Å². The molecule has 1 fully saturated rings. The molecule has 1 aliphatic heterocycles. The number of anilines is 1. The quantitative estimate of drug-likeness (QED) is 0.303. The number of nitrogens with zero attached hydrogens (tertiary/aromatic N) is 3. The van der Waals surface area contributed by atoms with Gasteiger partial charge < -0.3 is 20.1 Å². The van der Waals surface area contributed by atoms with Gasteiger partial charge in [-0.1, -0.05) is 37.3 Å². The molecule has 0 bridgehead atoms. The number of H-pyrrole nitrogens is 1. The first-order chi connectivity index (χ1) is 19.2. The first kappa shape index (κ1) is 31.1. The lowest BCUT2D eigenvalue weighted by atomic mass is 9.96. The van der Waals surface area contributed by atoms with Crippen LogP contribution in [0, 0.1) is 13.8 Å². The molecule has 6 heteroatoms. The molecular formula is C34H47N5O.